The number of thiocarbonyl (C=S) groups is 1. The van der Waals surface area contributed by atoms with Gasteiger partial charge in [0.2, 0.25) is 0 Å². The molecule has 18 heavy (non-hydrogen) atoms. The van der Waals surface area contributed by atoms with Crippen molar-refractivity contribution in [1.29, 1.82) is 0 Å². The molecule has 3 N–H and O–H groups in total. The Bertz CT molecular complexity index is 555. The van der Waals surface area contributed by atoms with Crippen molar-refractivity contribution in [2.45, 2.75) is 6.61 Å². The summed E-state index contributed by atoms with van der Waals surface area (Å²) in [5.41, 5.74) is 6.72. The van der Waals surface area contributed by atoms with Crippen molar-refractivity contribution in [1.82, 2.24) is 4.98 Å². The van der Waals surface area contributed by atoms with Crippen LogP contribution in [0.1, 0.15) is 11.3 Å². The van der Waals surface area contributed by atoms with E-state index in [1.807, 2.05) is 12.1 Å². The van der Waals surface area contributed by atoms with Crippen LogP contribution in [0.4, 0.5) is 0 Å². The molecular weight excluding hydrogens is 248 g/mol. The molecule has 0 saturated carbocycles. The van der Waals surface area contributed by atoms with E-state index in [-0.39, 0.29) is 11.6 Å². The smallest absolute Gasteiger partial charge is 0.145 e. The zero-order valence-electron chi connectivity index (χ0n) is 9.54. The topological polar surface area (TPSA) is 68.4 Å². The minimum Gasteiger partial charge on any atom is -0.455 e. The molecule has 5 heteroatoms. The number of nitrogens with zero attached hydrogens (tertiary/aromatic N) is 1. The molecule has 2 rings (SSSR count). The molecule has 2 aromatic rings. The van der Waals surface area contributed by atoms with Crippen LogP contribution in [-0.2, 0) is 6.61 Å². The van der Waals surface area contributed by atoms with E-state index in [4.69, 9.17) is 22.7 Å². The first-order valence-electron chi connectivity index (χ1n) is 5.33. The van der Waals surface area contributed by atoms with Crippen LogP contribution in [-0.4, -0.2) is 15.1 Å². The maximum absolute atomic E-state index is 9.18. The molecule has 0 aliphatic carbocycles. The van der Waals surface area contributed by atoms with Crippen molar-refractivity contribution in [3.63, 3.8) is 0 Å². The van der Waals surface area contributed by atoms with Gasteiger partial charge in [0.25, 0.3) is 0 Å². The second-order valence-electron chi connectivity index (χ2n) is 3.61. The standard InChI is InChI=1S/C13H12N2O2S/c14-13(18)11-6-5-10(7-15-11)17-12-4-2-1-3-9(12)8-16/h1-7,16H,8H2,(H2,14,18). The summed E-state index contributed by atoms with van der Waals surface area (Å²) < 4.78 is 5.63. The van der Waals surface area contributed by atoms with Gasteiger partial charge in [-0.25, -0.2) is 4.98 Å². The van der Waals surface area contributed by atoms with Crippen LogP contribution in [0, 0.1) is 0 Å². The maximum atomic E-state index is 9.18. The lowest BCUT2D eigenvalue weighted by molar-refractivity contribution is 0.276. The highest BCUT2D eigenvalue weighted by Crippen LogP contribution is 2.24. The number of aliphatic hydroxyl groups excluding tert-OH is 1. The van der Waals surface area contributed by atoms with Crippen LogP contribution in [0.25, 0.3) is 0 Å². The Morgan fingerprint density at radius 2 is 2.06 bits per heavy atom. The Hall–Kier alpha value is -1.98. The zero-order valence-corrected chi connectivity index (χ0v) is 10.4. The minimum absolute atomic E-state index is 0.0748. The number of hydrogen-bond donors (Lipinski definition) is 2. The number of nitrogens with two attached hydrogens (primary N) is 1. The van der Waals surface area contributed by atoms with Crippen molar-refractivity contribution in [2.75, 3.05) is 0 Å². The Labute approximate surface area is 110 Å². The lowest BCUT2D eigenvalue weighted by Crippen LogP contribution is -2.10. The van der Waals surface area contributed by atoms with Gasteiger partial charge >= 0.3 is 0 Å². The summed E-state index contributed by atoms with van der Waals surface area (Å²) in [6.07, 6.45) is 1.54. The molecule has 0 aliphatic rings. The van der Waals surface area contributed by atoms with Crippen LogP contribution in [0.15, 0.2) is 42.6 Å². The molecular formula is C13H12N2O2S. The van der Waals surface area contributed by atoms with Gasteiger partial charge in [0.1, 0.15) is 16.5 Å². The van der Waals surface area contributed by atoms with Gasteiger partial charge in [0, 0.05) is 5.56 Å². The van der Waals surface area contributed by atoms with Gasteiger partial charge in [-0.15, -0.1) is 0 Å². The first-order valence-corrected chi connectivity index (χ1v) is 5.74. The van der Waals surface area contributed by atoms with E-state index in [2.05, 4.69) is 4.98 Å². The van der Waals surface area contributed by atoms with E-state index in [0.29, 0.717) is 17.2 Å². The summed E-state index contributed by atoms with van der Waals surface area (Å²) in [6, 6.07) is 10.7. The largest absolute Gasteiger partial charge is 0.455 e. The number of rotatable bonds is 4. The lowest BCUT2D eigenvalue weighted by atomic mass is 10.2. The lowest BCUT2D eigenvalue weighted by Gasteiger charge is -2.09. The Balaban J connectivity index is 2.21. The van der Waals surface area contributed by atoms with Gasteiger partial charge < -0.3 is 15.6 Å². The monoisotopic (exact) mass is 260 g/mol. The third kappa shape index (κ3) is 2.82. The van der Waals surface area contributed by atoms with Gasteiger partial charge in [-0.2, -0.15) is 0 Å². The van der Waals surface area contributed by atoms with Crippen molar-refractivity contribution in [3.8, 4) is 11.5 Å². The van der Waals surface area contributed by atoms with Gasteiger partial charge in [-0.3, -0.25) is 0 Å². The molecule has 0 fully saturated rings. The molecule has 0 aliphatic heterocycles. The molecule has 92 valence electrons. The van der Waals surface area contributed by atoms with Crippen molar-refractivity contribution >= 4 is 17.2 Å². The van der Waals surface area contributed by atoms with Crippen LogP contribution in [0.2, 0.25) is 0 Å². The van der Waals surface area contributed by atoms with E-state index >= 15 is 0 Å². The van der Waals surface area contributed by atoms with Crippen LogP contribution in [0.5, 0.6) is 11.5 Å². The van der Waals surface area contributed by atoms with Crippen LogP contribution in [0.3, 0.4) is 0 Å². The number of benzene rings is 1. The van der Waals surface area contributed by atoms with E-state index in [0.717, 1.165) is 5.56 Å². The highest BCUT2D eigenvalue weighted by molar-refractivity contribution is 7.80. The quantitative estimate of drug-likeness (QED) is 0.823. The zero-order chi connectivity index (χ0) is 13.0. The highest BCUT2D eigenvalue weighted by Gasteiger charge is 2.04. The third-order valence-corrected chi connectivity index (χ3v) is 2.57. The molecule has 0 radical (unpaired) electrons. The van der Waals surface area contributed by atoms with Crippen molar-refractivity contribution in [3.05, 3.63) is 53.9 Å². The van der Waals surface area contributed by atoms with Gasteiger partial charge in [-0.05, 0) is 18.2 Å². The van der Waals surface area contributed by atoms with E-state index in [9.17, 15) is 5.11 Å². The summed E-state index contributed by atoms with van der Waals surface area (Å²) >= 11 is 4.82. The van der Waals surface area contributed by atoms with Crippen molar-refractivity contribution in [2.24, 2.45) is 5.73 Å². The van der Waals surface area contributed by atoms with Crippen molar-refractivity contribution < 1.29 is 9.84 Å². The Morgan fingerprint density at radius 1 is 1.28 bits per heavy atom. The first-order chi connectivity index (χ1) is 8.70. The first kappa shape index (κ1) is 12.5. The van der Waals surface area contributed by atoms with E-state index in [1.165, 1.54) is 0 Å². The number of aromatic nitrogens is 1. The molecule has 1 heterocycles. The second-order valence-corrected chi connectivity index (χ2v) is 4.05. The maximum Gasteiger partial charge on any atom is 0.145 e. The molecule has 0 saturated heterocycles. The fraction of sp³-hybridized carbons (Fsp3) is 0.0769. The van der Waals surface area contributed by atoms with Crippen LogP contribution >= 0.6 is 12.2 Å². The predicted molar refractivity (Wildman–Crippen MR) is 72.6 cm³/mol. The SMILES string of the molecule is NC(=S)c1ccc(Oc2ccccc2CO)cn1. The minimum atomic E-state index is -0.0748. The summed E-state index contributed by atoms with van der Waals surface area (Å²) in [5.74, 6) is 1.17. The Morgan fingerprint density at radius 3 is 2.67 bits per heavy atom. The molecule has 4 nitrogen and oxygen atoms in total. The average Bonchev–Trinajstić information content (AvgIpc) is 2.40. The van der Waals surface area contributed by atoms with Gasteiger partial charge in [0.15, 0.2) is 0 Å². The summed E-state index contributed by atoms with van der Waals surface area (Å²) in [7, 11) is 0. The summed E-state index contributed by atoms with van der Waals surface area (Å²) in [6.45, 7) is -0.0748. The molecule has 0 amide bonds. The summed E-state index contributed by atoms with van der Waals surface area (Å²) in [5, 5.41) is 9.18. The molecule has 0 unspecified atom stereocenters. The number of hydrogen-bond acceptors (Lipinski definition) is 4. The molecule has 1 aromatic heterocycles. The Kier molecular flexibility index (Phi) is 3.86. The van der Waals surface area contributed by atoms with Gasteiger partial charge in [-0.1, -0.05) is 30.4 Å². The molecule has 1 aromatic carbocycles. The molecule has 0 bridgehead atoms. The van der Waals surface area contributed by atoms with E-state index < -0.39 is 0 Å². The number of aliphatic hydroxyl groups is 1. The highest BCUT2D eigenvalue weighted by atomic mass is 32.1. The second kappa shape index (κ2) is 5.57. The van der Waals surface area contributed by atoms with Gasteiger partial charge in [0.05, 0.1) is 18.5 Å². The summed E-state index contributed by atoms with van der Waals surface area (Å²) in [4.78, 5) is 4.32. The fourth-order valence-corrected chi connectivity index (χ4v) is 1.57. The van der Waals surface area contributed by atoms with Crippen LogP contribution < -0.4 is 10.5 Å². The normalized spacial score (nSPS) is 10.1. The van der Waals surface area contributed by atoms with E-state index in [1.54, 1.807) is 30.5 Å². The molecule has 0 spiro atoms. The third-order valence-electron chi connectivity index (χ3n) is 2.36. The predicted octanol–water partition coefficient (Wildman–Crippen LogP) is 2.00. The fourth-order valence-electron chi connectivity index (χ4n) is 1.45. The molecule has 0 atom stereocenters. The number of para-hydroxylation sites is 1. The number of pyridine rings is 1. The average molecular weight is 260 g/mol. The number of ether oxygens (including phenoxy) is 1.